The Balaban J connectivity index is 2.11. The van der Waals surface area contributed by atoms with Gasteiger partial charge in [-0.15, -0.1) is 0 Å². The van der Waals surface area contributed by atoms with Crippen molar-refractivity contribution < 1.29 is 4.39 Å². The zero-order valence-corrected chi connectivity index (χ0v) is 13.9. The van der Waals surface area contributed by atoms with Crippen LogP contribution in [0.25, 0.3) is 0 Å². The first-order valence-electron chi connectivity index (χ1n) is 8.29. The van der Waals surface area contributed by atoms with Crippen molar-refractivity contribution in [1.29, 1.82) is 0 Å². The Morgan fingerprint density at radius 2 is 2.05 bits per heavy atom. The van der Waals surface area contributed by atoms with Crippen LogP contribution < -0.4 is 5.32 Å². The van der Waals surface area contributed by atoms with Crippen molar-refractivity contribution in [2.45, 2.75) is 46.0 Å². The molecule has 1 saturated carbocycles. The average Bonchev–Trinajstić information content (AvgIpc) is 2.49. The summed E-state index contributed by atoms with van der Waals surface area (Å²) in [5, 5.41) is 4.05. The molecule has 0 bridgehead atoms. The van der Waals surface area contributed by atoms with Gasteiger partial charge in [-0.05, 0) is 62.2 Å². The number of hydrogen-bond acceptors (Lipinski definition) is 1. The Kier molecular flexibility index (Phi) is 6.50. The van der Waals surface area contributed by atoms with Gasteiger partial charge in [-0.1, -0.05) is 44.4 Å². The molecule has 3 unspecified atom stereocenters. The molecular weight excluding hydrogens is 285 g/mol. The monoisotopic (exact) mass is 311 g/mol. The van der Waals surface area contributed by atoms with Gasteiger partial charge in [0.05, 0.1) is 0 Å². The molecule has 0 radical (unpaired) electrons. The van der Waals surface area contributed by atoms with Crippen LogP contribution in [0.2, 0.25) is 5.02 Å². The number of hydrogen-bond donors (Lipinski definition) is 1. The molecule has 118 valence electrons. The minimum Gasteiger partial charge on any atom is -0.317 e. The zero-order valence-electron chi connectivity index (χ0n) is 13.2. The fourth-order valence-corrected chi connectivity index (χ4v) is 3.87. The number of nitrogens with one attached hydrogen (secondary N) is 1. The molecule has 0 aliphatic heterocycles. The van der Waals surface area contributed by atoms with E-state index in [2.05, 4.69) is 19.2 Å². The van der Waals surface area contributed by atoms with Crippen LogP contribution in [0, 0.1) is 23.6 Å². The van der Waals surface area contributed by atoms with Crippen molar-refractivity contribution in [2.24, 2.45) is 17.8 Å². The molecule has 1 aliphatic carbocycles. The highest BCUT2D eigenvalue weighted by molar-refractivity contribution is 6.31. The average molecular weight is 312 g/mol. The second-order valence-corrected chi connectivity index (χ2v) is 6.73. The molecule has 0 heterocycles. The van der Waals surface area contributed by atoms with Crippen molar-refractivity contribution in [3.05, 3.63) is 34.6 Å². The van der Waals surface area contributed by atoms with Crippen LogP contribution in [0.15, 0.2) is 18.2 Å². The number of benzene rings is 1. The molecule has 3 atom stereocenters. The highest BCUT2D eigenvalue weighted by Gasteiger charge is 2.30. The first-order valence-corrected chi connectivity index (χ1v) is 8.67. The van der Waals surface area contributed by atoms with Gasteiger partial charge in [0.25, 0.3) is 0 Å². The van der Waals surface area contributed by atoms with Gasteiger partial charge >= 0.3 is 0 Å². The van der Waals surface area contributed by atoms with Crippen molar-refractivity contribution >= 4 is 11.6 Å². The van der Waals surface area contributed by atoms with E-state index in [1.165, 1.54) is 31.7 Å². The van der Waals surface area contributed by atoms with Crippen LogP contribution in [0.1, 0.15) is 45.1 Å². The second kappa shape index (κ2) is 8.14. The van der Waals surface area contributed by atoms with E-state index in [1.807, 2.05) is 0 Å². The van der Waals surface area contributed by atoms with E-state index in [1.54, 1.807) is 12.1 Å². The molecule has 0 amide bonds. The predicted octanol–water partition coefficient (Wildman–Crippen LogP) is 5.07. The zero-order chi connectivity index (χ0) is 15.2. The third kappa shape index (κ3) is 4.43. The topological polar surface area (TPSA) is 12.0 Å². The summed E-state index contributed by atoms with van der Waals surface area (Å²) in [7, 11) is 0. The normalized spacial score (nSPS) is 26.0. The van der Waals surface area contributed by atoms with E-state index < -0.39 is 0 Å². The predicted molar refractivity (Wildman–Crippen MR) is 88.3 cm³/mol. The fourth-order valence-electron chi connectivity index (χ4n) is 3.63. The number of halogens is 2. The van der Waals surface area contributed by atoms with Crippen molar-refractivity contribution in [1.82, 2.24) is 5.32 Å². The summed E-state index contributed by atoms with van der Waals surface area (Å²) in [5.74, 6) is 1.82. The first-order chi connectivity index (χ1) is 10.2. The van der Waals surface area contributed by atoms with Crippen LogP contribution in [-0.2, 0) is 6.42 Å². The molecule has 1 nitrogen and oxygen atoms in total. The lowest BCUT2D eigenvalue weighted by Gasteiger charge is -2.36. The summed E-state index contributed by atoms with van der Waals surface area (Å²) in [6.07, 6.45) is 5.78. The van der Waals surface area contributed by atoms with Gasteiger partial charge in [0.1, 0.15) is 5.82 Å². The maximum absolute atomic E-state index is 14.1. The Morgan fingerprint density at radius 1 is 1.24 bits per heavy atom. The smallest absolute Gasteiger partial charge is 0.127 e. The van der Waals surface area contributed by atoms with E-state index in [0.29, 0.717) is 22.4 Å². The van der Waals surface area contributed by atoms with Gasteiger partial charge in [-0.25, -0.2) is 4.39 Å². The van der Waals surface area contributed by atoms with Crippen LogP contribution in [0.5, 0.6) is 0 Å². The van der Waals surface area contributed by atoms with E-state index in [9.17, 15) is 4.39 Å². The van der Waals surface area contributed by atoms with Crippen LogP contribution in [-0.4, -0.2) is 13.1 Å². The molecule has 1 aromatic rings. The molecule has 1 aliphatic rings. The molecule has 1 fully saturated rings. The van der Waals surface area contributed by atoms with Crippen LogP contribution >= 0.6 is 11.6 Å². The molecule has 21 heavy (non-hydrogen) atoms. The van der Waals surface area contributed by atoms with E-state index in [4.69, 9.17) is 11.6 Å². The van der Waals surface area contributed by atoms with E-state index >= 15 is 0 Å². The Morgan fingerprint density at radius 3 is 2.71 bits per heavy atom. The molecule has 1 N–H and O–H groups in total. The summed E-state index contributed by atoms with van der Waals surface area (Å²) in [4.78, 5) is 0. The SMILES string of the molecule is CCNCC1CCC(CC)CC1Cc1c(F)cccc1Cl. The lowest BCUT2D eigenvalue weighted by Crippen LogP contribution is -2.34. The Hall–Kier alpha value is -0.600. The summed E-state index contributed by atoms with van der Waals surface area (Å²) < 4.78 is 14.1. The third-order valence-corrected chi connectivity index (χ3v) is 5.36. The molecular formula is C18H27ClFN. The maximum Gasteiger partial charge on any atom is 0.127 e. The summed E-state index contributed by atoms with van der Waals surface area (Å²) in [5.41, 5.74) is 0.711. The van der Waals surface area contributed by atoms with Gasteiger partial charge in [0.15, 0.2) is 0 Å². The van der Waals surface area contributed by atoms with E-state index in [-0.39, 0.29) is 5.82 Å². The van der Waals surface area contributed by atoms with Gasteiger partial charge < -0.3 is 5.32 Å². The van der Waals surface area contributed by atoms with E-state index in [0.717, 1.165) is 25.4 Å². The summed E-state index contributed by atoms with van der Waals surface area (Å²) in [6, 6.07) is 5.02. The molecule has 0 saturated heterocycles. The summed E-state index contributed by atoms with van der Waals surface area (Å²) >= 11 is 6.22. The molecule has 0 aromatic heterocycles. The van der Waals surface area contributed by atoms with Crippen molar-refractivity contribution in [2.75, 3.05) is 13.1 Å². The molecule has 2 rings (SSSR count). The third-order valence-electron chi connectivity index (χ3n) is 5.01. The molecule has 1 aromatic carbocycles. The minimum absolute atomic E-state index is 0.150. The Labute approximate surface area is 133 Å². The Bertz CT molecular complexity index is 429. The lowest BCUT2D eigenvalue weighted by molar-refractivity contribution is 0.171. The largest absolute Gasteiger partial charge is 0.317 e. The first kappa shape index (κ1) is 16.8. The van der Waals surface area contributed by atoms with Gasteiger partial charge in [-0.3, -0.25) is 0 Å². The van der Waals surface area contributed by atoms with Gasteiger partial charge in [0.2, 0.25) is 0 Å². The quantitative estimate of drug-likeness (QED) is 0.773. The second-order valence-electron chi connectivity index (χ2n) is 6.32. The van der Waals surface area contributed by atoms with Gasteiger partial charge in [-0.2, -0.15) is 0 Å². The van der Waals surface area contributed by atoms with Gasteiger partial charge in [0, 0.05) is 10.6 Å². The molecule has 0 spiro atoms. The lowest BCUT2D eigenvalue weighted by atomic mass is 9.71. The van der Waals surface area contributed by atoms with Crippen molar-refractivity contribution in [3.63, 3.8) is 0 Å². The fraction of sp³-hybridized carbons (Fsp3) is 0.667. The minimum atomic E-state index is -0.150. The highest BCUT2D eigenvalue weighted by atomic mass is 35.5. The highest BCUT2D eigenvalue weighted by Crippen LogP contribution is 2.38. The maximum atomic E-state index is 14.1. The summed E-state index contributed by atoms with van der Waals surface area (Å²) in [6.45, 7) is 6.45. The van der Waals surface area contributed by atoms with Crippen LogP contribution in [0.3, 0.4) is 0 Å². The van der Waals surface area contributed by atoms with Crippen molar-refractivity contribution in [3.8, 4) is 0 Å². The standard InChI is InChI=1S/C18H27ClFN/c1-3-13-8-9-14(12-21-4-2)15(10-13)11-16-17(19)6-5-7-18(16)20/h5-7,13-15,21H,3-4,8-12H2,1-2H3. The number of rotatable bonds is 6. The van der Waals surface area contributed by atoms with Crippen LogP contribution in [0.4, 0.5) is 4.39 Å². The molecule has 3 heteroatoms.